The van der Waals surface area contributed by atoms with Crippen molar-refractivity contribution < 1.29 is 8.42 Å². The number of aromatic nitrogens is 1. The third-order valence-corrected chi connectivity index (χ3v) is 4.22. The van der Waals surface area contributed by atoms with Crippen LogP contribution < -0.4 is 0 Å². The first-order valence-corrected chi connectivity index (χ1v) is 7.65. The normalized spacial score (nSPS) is 12.4. The van der Waals surface area contributed by atoms with Gasteiger partial charge in [-0.25, -0.2) is 0 Å². The smallest absolute Gasteiger partial charge is 0.252 e. The van der Waals surface area contributed by atoms with Crippen molar-refractivity contribution in [1.82, 2.24) is 4.98 Å². The molecule has 2 rings (SSSR count). The molecule has 1 aromatic heterocycles. The Labute approximate surface area is 119 Å². The molecule has 0 bridgehead atoms. The minimum absolute atomic E-state index is 0.190. The Morgan fingerprint density at radius 3 is 2.30 bits per heavy atom. The second-order valence-electron chi connectivity index (χ2n) is 4.63. The largest absolute Gasteiger partial charge is 0.282 e. The number of rotatable bonds is 3. The molecule has 0 unspecified atom stereocenters. The summed E-state index contributed by atoms with van der Waals surface area (Å²) >= 11 is 0. The third-order valence-electron chi connectivity index (χ3n) is 2.83. The zero-order valence-corrected chi connectivity index (χ0v) is 12.5. The van der Waals surface area contributed by atoms with Crippen LogP contribution in [0.5, 0.6) is 0 Å². The lowest BCUT2D eigenvalue weighted by molar-refractivity contribution is 0.598. The van der Waals surface area contributed by atoms with Crippen LogP contribution in [0.2, 0.25) is 0 Å². The Morgan fingerprint density at radius 1 is 1.05 bits per heavy atom. The van der Waals surface area contributed by atoms with Crippen molar-refractivity contribution >= 4 is 15.7 Å². The van der Waals surface area contributed by atoms with Crippen LogP contribution >= 0.6 is 0 Å². The van der Waals surface area contributed by atoms with Crippen LogP contribution in [0.25, 0.3) is 0 Å². The number of aryl methyl sites for hydroxylation is 2. The summed E-state index contributed by atoms with van der Waals surface area (Å²) in [6.45, 7) is 5.40. The Hall–Kier alpha value is -2.01. The van der Waals surface area contributed by atoms with Crippen molar-refractivity contribution in [2.24, 2.45) is 4.40 Å². The molecule has 0 spiro atoms. The van der Waals surface area contributed by atoms with Gasteiger partial charge in [0.05, 0.1) is 16.3 Å². The van der Waals surface area contributed by atoms with Gasteiger partial charge in [0.25, 0.3) is 10.0 Å². The molecular weight excluding hydrogens is 272 g/mol. The van der Waals surface area contributed by atoms with Gasteiger partial charge in [-0.05, 0) is 45.0 Å². The standard InChI is InChI=1S/C15H16N2O2S/c1-11-7-9-14(10-8-11)20(18,19)17-13(3)15-6-4-5-12(2)16-15/h4-10H,1-3H3/b17-13-. The maximum absolute atomic E-state index is 12.2. The average molecular weight is 288 g/mol. The van der Waals surface area contributed by atoms with Crippen LogP contribution in [0.3, 0.4) is 0 Å². The molecule has 0 saturated heterocycles. The van der Waals surface area contributed by atoms with E-state index in [1.54, 1.807) is 37.3 Å². The van der Waals surface area contributed by atoms with E-state index in [4.69, 9.17) is 0 Å². The monoisotopic (exact) mass is 288 g/mol. The molecule has 0 atom stereocenters. The summed E-state index contributed by atoms with van der Waals surface area (Å²) in [5.74, 6) is 0. The van der Waals surface area contributed by atoms with Gasteiger partial charge in [-0.1, -0.05) is 23.8 Å². The van der Waals surface area contributed by atoms with E-state index in [0.29, 0.717) is 11.4 Å². The highest BCUT2D eigenvalue weighted by Gasteiger charge is 2.13. The quantitative estimate of drug-likeness (QED) is 0.816. The van der Waals surface area contributed by atoms with Gasteiger partial charge < -0.3 is 0 Å². The number of benzene rings is 1. The molecule has 0 fully saturated rings. The van der Waals surface area contributed by atoms with Crippen LogP contribution in [-0.2, 0) is 10.0 Å². The molecule has 5 heteroatoms. The summed E-state index contributed by atoms with van der Waals surface area (Å²) in [4.78, 5) is 4.46. The summed E-state index contributed by atoms with van der Waals surface area (Å²) in [7, 11) is -3.69. The minimum Gasteiger partial charge on any atom is -0.252 e. The molecule has 1 heterocycles. The molecule has 104 valence electrons. The van der Waals surface area contributed by atoms with Crippen LogP contribution in [0.4, 0.5) is 0 Å². The zero-order chi connectivity index (χ0) is 14.8. The lowest BCUT2D eigenvalue weighted by Crippen LogP contribution is -2.05. The fraction of sp³-hybridized carbons (Fsp3) is 0.200. The van der Waals surface area contributed by atoms with E-state index < -0.39 is 10.0 Å². The van der Waals surface area contributed by atoms with Crippen molar-refractivity contribution in [3.8, 4) is 0 Å². The van der Waals surface area contributed by atoms with Crippen LogP contribution in [0.15, 0.2) is 51.8 Å². The van der Waals surface area contributed by atoms with E-state index in [2.05, 4.69) is 9.38 Å². The highest BCUT2D eigenvalue weighted by atomic mass is 32.2. The molecule has 0 aliphatic rings. The molecular formula is C15H16N2O2S. The average Bonchev–Trinajstić information content (AvgIpc) is 2.38. The maximum atomic E-state index is 12.2. The Balaban J connectivity index is 2.40. The van der Waals surface area contributed by atoms with Gasteiger partial charge >= 0.3 is 0 Å². The molecule has 0 saturated carbocycles. The SMILES string of the molecule is C/C(=N/S(=O)(=O)c1ccc(C)cc1)c1cccc(C)n1. The third kappa shape index (κ3) is 3.30. The molecule has 0 amide bonds. The first-order chi connectivity index (χ1) is 9.38. The fourth-order valence-corrected chi connectivity index (χ4v) is 2.77. The molecule has 4 nitrogen and oxygen atoms in total. The number of hydrogen-bond acceptors (Lipinski definition) is 3. The van der Waals surface area contributed by atoms with E-state index in [0.717, 1.165) is 11.3 Å². The molecule has 2 aromatic rings. The maximum Gasteiger partial charge on any atom is 0.282 e. The highest BCUT2D eigenvalue weighted by molar-refractivity contribution is 7.90. The molecule has 1 aromatic carbocycles. The summed E-state index contributed by atoms with van der Waals surface area (Å²) in [6, 6.07) is 12.1. The lowest BCUT2D eigenvalue weighted by Gasteiger charge is -2.03. The highest BCUT2D eigenvalue weighted by Crippen LogP contribution is 2.14. The molecule has 0 N–H and O–H groups in total. The zero-order valence-electron chi connectivity index (χ0n) is 11.7. The van der Waals surface area contributed by atoms with E-state index in [1.165, 1.54) is 0 Å². The first-order valence-electron chi connectivity index (χ1n) is 6.21. The van der Waals surface area contributed by atoms with E-state index in [9.17, 15) is 8.42 Å². The summed E-state index contributed by atoms with van der Waals surface area (Å²) in [5, 5.41) is 0. The predicted molar refractivity (Wildman–Crippen MR) is 79.5 cm³/mol. The molecule has 0 aliphatic heterocycles. The predicted octanol–water partition coefficient (Wildman–Crippen LogP) is 2.90. The van der Waals surface area contributed by atoms with Crippen LogP contribution in [-0.4, -0.2) is 19.1 Å². The van der Waals surface area contributed by atoms with Gasteiger partial charge in [0, 0.05) is 5.69 Å². The Bertz CT molecular complexity index is 748. The van der Waals surface area contributed by atoms with Crippen LogP contribution in [0.1, 0.15) is 23.9 Å². The van der Waals surface area contributed by atoms with E-state index in [-0.39, 0.29) is 4.90 Å². The van der Waals surface area contributed by atoms with Crippen molar-refractivity contribution in [3.63, 3.8) is 0 Å². The second kappa shape index (κ2) is 5.54. The topological polar surface area (TPSA) is 59.4 Å². The van der Waals surface area contributed by atoms with Crippen molar-refractivity contribution in [2.45, 2.75) is 25.7 Å². The molecule has 20 heavy (non-hydrogen) atoms. The van der Waals surface area contributed by atoms with Crippen molar-refractivity contribution in [2.75, 3.05) is 0 Å². The number of sulfonamides is 1. The number of pyridine rings is 1. The van der Waals surface area contributed by atoms with E-state index >= 15 is 0 Å². The van der Waals surface area contributed by atoms with Crippen LogP contribution in [0, 0.1) is 13.8 Å². The van der Waals surface area contributed by atoms with Gasteiger partial charge in [-0.15, -0.1) is 0 Å². The summed E-state index contributed by atoms with van der Waals surface area (Å²) in [5.41, 5.74) is 2.78. The number of nitrogens with zero attached hydrogens (tertiary/aromatic N) is 2. The second-order valence-corrected chi connectivity index (χ2v) is 6.23. The first kappa shape index (κ1) is 14.4. The molecule has 0 aliphatic carbocycles. The van der Waals surface area contributed by atoms with Crippen molar-refractivity contribution in [1.29, 1.82) is 0 Å². The summed E-state index contributed by atoms with van der Waals surface area (Å²) < 4.78 is 28.2. The molecule has 0 radical (unpaired) electrons. The van der Waals surface area contributed by atoms with Crippen molar-refractivity contribution in [3.05, 3.63) is 59.4 Å². The fourth-order valence-electron chi connectivity index (χ4n) is 1.73. The van der Waals surface area contributed by atoms with Gasteiger partial charge in [0.2, 0.25) is 0 Å². The summed E-state index contributed by atoms with van der Waals surface area (Å²) in [6.07, 6.45) is 0. The Kier molecular flexibility index (Phi) is 3.99. The Morgan fingerprint density at radius 2 is 1.70 bits per heavy atom. The lowest BCUT2D eigenvalue weighted by atomic mass is 10.2. The minimum atomic E-state index is -3.69. The van der Waals surface area contributed by atoms with Gasteiger partial charge in [0.15, 0.2) is 0 Å². The van der Waals surface area contributed by atoms with Gasteiger partial charge in [0.1, 0.15) is 0 Å². The van der Waals surface area contributed by atoms with E-state index in [1.807, 2.05) is 26.0 Å². The van der Waals surface area contributed by atoms with Gasteiger partial charge in [-0.3, -0.25) is 4.98 Å². The number of hydrogen-bond donors (Lipinski definition) is 0. The van der Waals surface area contributed by atoms with Gasteiger partial charge in [-0.2, -0.15) is 12.8 Å².